The molecule has 2 aromatic rings. The number of halogens is 1. The second-order valence-corrected chi connectivity index (χ2v) is 8.65. The van der Waals surface area contributed by atoms with Crippen molar-refractivity contribution in [3.63, 3.8) is 0 Å². The molecule has 1 aliphatic rings. The van der Waals surface area contributed by atoms with Crippen LogP contribution in [0.2, 0.25) is 5.02 Å². The van der Waals surface area contributed by atoms with E-state index in [0.29, 0.717) is 10.8 Å². The van der Waals surface area contributed by atoms with Gasteiger partial charge < -0.3 is 15.0 Å². The number of nitrogens with zero attached hydrogens (tertiary/aromatic N) is 1. The highest BCUT2D eigenvalue weighted by molar-refractivity contribution is 6.32. The molecule has 0 saturated heterocycles. The first-order valence-corrected chi connectivity index (χ1v) is 10.3. The van der Waals surface area contributed by atoms with Crippen molar-refractivity contribution in [1.29, 1.82) is 0 Å². The second kappa shape index (κ2) is 8.60. The summed E-state index contributed by atoms with van der Waals surface area (Å²) in [5.74, 6) is 0.456. The van der Waals surface area contributed by atoms with Crippen LogP contribution in [0.5, 0.6) is 5.75 Å². The molecule has 0 fully saturated rings. The van der Waals surface area contributed by atoms with E-state index in [1.165, 1.54) is 22.8 Å². The highest BCUT2D eigenvalue weighted by atomic mass is 35.5. The van der Waals surface area contributed by atoms with E-state index in [0.717, 1.165) is 30.8 Å². The molecular formula is C24H29ClN2O2. The van der Waals surface area contributed by atoms with Gasteiger partial charge in [-0.25, -0.2) is 0 Å². The normalized spacial score (nSPS) is 15.9. The van der Waals surface area contributed by atoms with E-state index in [-0.39, 0.29) is 11.3 Å². The van der Waals surface area contributed by atoms with Crippen LogP contribution < -0.4 is 10.1 Å². The molecule has 0 saturated carbocycles. The standard InChI is InChI=1S/C24H29ClN2O2/c1-6-17-18-14-27(4)15-24(2,3)19(18)9-10-21(17)26-23(28)12-8-16-7-11-22(29-5)20(25)13-16/h7-13H,6,14-15H2,1-5H3,(H,26,28)/b12-8+. The van der Waals surface area contributed by atoms with Crippen LogP contribution in [0.15, 0.2) is 36.4 Å². The van der Waals surface area contributed by atoms with E-state index >= 15 is 0 Å². The van der Waals surface area contributed by atoms with Crippen molar-refractivity contribution in [2.75, 3.05) is 26.0 Å². The fraction of sp³-hybridized carbons (Fsp3) is 0.375. The lowest BCUT2D eigenvalue weighted by Gasteiger charge is -2.39. The molecule has 154 valence electrons. The van der Waals surface area contributed by atoms with Crippen LogP contribution >= 0.6 is 11.6 Å². The molecule has 1 aliphatic heterocycles. The third-order valence-corrected chi connectivity index (χ3v) is 5.76. The molecule has 1 heterocycles. The minimum Gasteiger partial charge on any atom is -0.495 e. The maximum atomic E-state index is 12.6. The van der Waals surface area contributed by atoms with E-state index in [9.17, 15) is 4.79 Å². The Kier molecular flexibility index (Phi) is 6.35. The summed E-state index contributed by atoms with van der Waals surface area (Å²) in [6, 6.07) is 9.64. The topological polar surface area (TPSA) is 41.6 Å². The van der Waals surface area contributed by atoms with Crippen LogP contribution in [0.3, 0.4) is 0 Å². The fourth-order valence-electron chi connectivity index (χ4n) is 4.25. The minimum atomic E-state index is -0.157. The Hall–Kier alpha value is -2.30. The summed E-state index contributed by atoms with van der Waals surface area (Å²) in [5.41, 5.74) is 5.78. The lowest BCUT2D eigenvalue weighted by atomic mass is 9.76. The summed E-state index contributed by atoms with van der Waals surface area (Å²) in [7, 11) is 3.73. The van der Waals surface area contributed by atoms with Crippen molar-refractivity contribution in [2.24, 2.45) is 0 Å². The third-order valence-electron chi connectivity index (χ3n) is 5.47. The van der Waals surface area contributed by atoms with E-state index < -0.39 is 0 Å². The van der Waals surface area contributed by atoms with Gasteiger partial charge >= 0.3 is 0 Å². The molecular weight excluding hydrogens is 384 g/mol. The predicted molar refractivity (Wildman–Crippen MR) is 121 cm³/mol. The molecule has 0 aliphatic carbocycles. The number of nitrogens with one attached hydrogen (secondary N) is 1. The molecule has 5 heteroatoms. The van der Waals surface area contributed by atoms with Gasteiger partial charge in [0.05, 0.1) is 12.1 Å². The number of likely N-dealkylation sites (N-methyl/N-ethyl adjacent to an activating group) is 1. The largest absolute Gasteiger partial charge is 0.495 e. The summed E-state index contributed by atoms with van der Waals surface area (Å²) in [6.45, 7) is 8.64. The molecule has 2 aromatic carbocycles. The lowest BCUT2D eigenvalue weighted by molar-refractivity contribution is -0.111. The Bertz CT molecular complexity index is 950. The highest BCUT2D eigenvalue weighted by Gasteiger charge is 2.32. The maximum absolute atomic E-state index is 12.6. The zero-order chi connectivity index (χ0) is 21.2. The van der Waals surface area contributed by atoms with Crippen LogP contribution in [0, 0.1) is 0 Å². The van der Waals surface area contributed by atoms with Crippen LogP contribution in [0.1, 0.15) is 43.0 Å². The number of ether oxygens (including phenoxy) is 1. The number of hydrogen-bond donors (Lipinski definition) is 1. The second-order valence-electron chi connectivity index (χ2n) is 8.24. The Morgan fingerprint density at radius 2 is 2.07 bits per heavy atom. The Balaban J connectivity index is 1.82. The van der Waals surface area contributed by atoms with Gasteiger partial charge in [0.25, 0.3) is 0 Å². The number of anilines is 1. The maximum Gasteiger partial charge on any atom is 0.248 e. The molecule has 0 radical (unpaired) electrons. The first-order valence-electron chi connectivity index (χ1n) is 9.91. The summed E-state index contributed by atoms with van der Waals surface area (Å²) in [4.78, 5) is 14.9. The molecule has 3 rings (SSSR count). The summed E-state index contributed by atoms with van der Waals surface area (Å²) in [5, 5.41) is 3.58. The zero-order valence-electron chi connectivity index (χ0n) is 17.8. The fourth-order valence-corrected chi connectivity index (χ4v) is 4.51. The number of rotatable bonds is 5. The molecule has 0 unspecified atom stereocenters. The summed E-state index contributed by atoms with van der Waals surface area (Å²) >= 11 is 6.15. The molecule has 4 nitrogen and oxygen atoms in total. The zero-order valence-corrected chi connectivity index (χ0v) is 18.6. The Labute approximate surface area is 178 Å². The van der Waals surface area contributed by atoms with Gasteiger partial charge in [0.15, 0.2) is 0 Å². The lowest BCUT2D eigenvalue weighted by Crippen LogP contribution is -2.40. The average Bonchev–Trinajstić information content (AvgIpc) is 2.65. The number of carbonyl (C=O) groups excluding carboxylic acids is 1. The number of hydrogen-bond acceptors (Lipinski definition) is 3. The van der Waals surface area contributed by atoms with Crippen molar-refractivity contribution in [1.82, 2.24) is 4.90 Å². The van der Waals surface area contributed by atoms with Crippen LogP contribution in [-0.2, 0) is 23.2 Å². The van der Waals surface area contributed by atoms with E-state index in [2.05, 4.69) is 44.1 Å². The van der Waals surface area contributed by atoms with Gasteiger partial charge in [-0.15, -0.1) is 0 Å². The molecule has 1 N–H and O–H groups in total. The van der Waals surface area contributed by atoms with Gasteiger partial charge in [0.1, 0.15) is 5.75 Å². The molecule has 0 bridgehead atoms. The van der Waals surface area contributed by atoms with Crippen LogP contribution in [0.25, 0.3) is 6.08 Å². The minimum absolute atomic E-state index is 0.0995. The number of carbonyl (C=O) groups is 1. The smallest absolute Gasteiger partial charge is 0.248 e. The van der Waals surface area contributed by atoms with E-state index in [4.69, 9.17) is 16.3 Å². The quantitative estimate of drug-likeness (QED) is 0.678. The van der Waals surface area contributed by atoms with Crippen LogP contribution in [0.4, 0.5) is 5.69 Å². The van der Waals surface area contributed by atoms with Gasteiger partial charge in [-0.05, 0) is 60.0 Å². The Morgan fingerprint density at radius 3 is 2.72 bits per heavy atom. The van der Waals surface area contributed by atoms with Crippen molar-refractivity contribution in [3.05, 3.63) is 63.7 Å². The monoisotopic (exact) mass is 412 g/mol. The number of benzene rings is 2. The SMILES string of the molecule is CCc1c(NC(=O)/C=C/c2ccc(OC)c(Cl)c2)ccc2c1CN(C)CC2(C)C. The molecule has 1 amide bonds. The summed E-state index contributed by atoms with van der Waals surface area (Å²) < 4.78 is 5.16. The molecule has 0 spiro atoms. The summed E-state index contributed by atoms with van der Waals surface area (Å²) in [6.07, 6.45) is 4.16. The number of amides is 1. The first-order chi connectivity index (χ1) is 13.7. The van der Waals surface area contributed by atoms with Crippen LogP contribution in [-0.4, -0.2) is 31.5 Å². The van der Waals surface area contributed by atoms with Crippen molar-refractivity contribution >= 4 is 29.3 Å². The van der Waals surface area contributed by atoms with Gasteiger partial charge in [-0.1, -0.05) is 44.5 Å². The van der Waals surface area contributed by atoms with Gasteiger partial charge in [0, 0.05) is 30.3 Å². The molecule has 0 aromatic heterocycles. The highest BCUT2D eigenvalue weighted by Crippen LogP contribution is 2.37. The number of fused-ring (bicyclic) bond motifs is 1. The molecule has 29 heavy (non-hydrogen) atoms. The number of methoxy groups -OCH3 is 1. The van der Waals surface area contributed by atoms with Crippen molar-refractivity contribution < 1.29 is 9.53 Å². The van der Waals surface area contributed by atoms with Gasteiger partial charge in [-0.2, -0.15) is 0 Å². The first kappa shape index (κ1) is 21.4. The van der Waals surface area contributed by atoms with E-state index in [1.54, 1.807) is 25.3 Å². The average molecular weight is 413 g/mol. The predicted octanol–water partition coefficient (Wildman–Crippen LogP) is 5.29. The molecule has 0 atom stereocenters. The van der Waals surface area contributed by atoms with Gasteiger partial charge in [0.2, 0.25) is 5.91 Å². The van der Waals surface area contributed by atoms with E-state index in [1.807, 2.05) is 12.1 Å². The Morgan fingerprint density at radius 1 is 1.31 bits per heavy atom. The van der Waals surface area contributed by atoms with Crippen molar-refractivity contribution in [2.45, 2.75) is 39.2 Å². The van der Waals surface area contributed by atoms with Crippen molar-refractivity contribution in [3.8, 4) is 5.75 Å². The van der Waals surface area contributed by atoms with Gasteiger partial charge in [-0.3, -0.25) is 4.79 Å². The third kappa shape index (κ3) is 4.65.